The smallest absolute Gasteiger partial charge is 0.253 e. The van der Waals surface area contributed by atoms with Crippen molar-refractivity contribution in [2.45, 2.75) is 64.5 Å². The monoisotopic (exact) mass is 952 g/mol. The summed E-state index contributed by atoms with van der Waals surface area (Å²) in [5.74, 6) is 0.881. The van der Waals surface area contributed by atoms with Crippen molar-refractivity contribution >= 4 is 67.8 Å². The van der Waals surface area contributed by atoms with E-state index < -0.39 is 0 Å². The fourth-order valence-electron chi connectivity index (χ4n) is 10.5. The molecule has 2 aliphatic rings. The Morgan fingerprint density at radius 3 is 1.68 bits per heavy atom. The molecule has 360 valence electrons. The number of hydrogen-bond donors (Lipinski definition) is 2. The van der Waals surface area contributed by atoms with E-state index in [-0.39, 0.29) is 36.7 Å². The predicted molar refractivity (Wildman–Crippen MR) is 284 cm³/mol. The number of imidazole rings is 2. The highest BCUT2D eigenvalue weighted by Gasteiger charge is 2.22. The number of amides is 4. The standard InChI is InChI=1S/C60H56N8O4/c1-65(30-28-55-63-51-18-5-6-19-53(51)67(55)37-57(69)61-49-25-22-40-12-7-15-44(40)34-49)59(71)47-17-9-14-43(33-47)46-24-27-54-52(36-46)64-56(68(54)38-58(70)62-50-26-23-41-13-8-16-45(41)35-50)29-31-66(2)60(72)48-21-20-39-10-3-4-11-42(39)32-48/h3-6,9-11,14,17-27,32-36H,7-8,12-13,15-16,28-31,37-38H2,1-2H3,(H,61,69)(H,62,70). The molecule has 2 aliphatic carbocycles. The number of fused-ring (bicyclic) bond motifs is 5. The summed E-state index contributed by atoms with van der Waals surface area (Å²) in [6.07, 6.45) is 7.33. The Hall–Kier alpha value is -8.38. The molecule has 0 saturated carbocycles. The molecule has 0 atom stereocenters. The number of hydrogen-bond acceptors (Lipinski definition) is 6. The van der Waals surface area contributed by atoms with Gasteiger partial charge in [0.15, 0.2) is 0 Å². The van der Waals surface area contributed by atoms with E-state index in [0.29, 0.717) is 48.4 Å². The highest BCUT2D eigenvalue weighted by Crippen LogP contribution is 2.30. The predicted octanol–water partition coefficient (Wildman–Crippen LogP) is 10.1. The van der Waals surface area contributed by atoms with Crippen molar-refractivity contribution in [3.05, 3.63) is 191 Å². The van der Waals surface area contributed by atoms with Gasteiger partial charge in [0.1, 0.15) is 24.7 Å². The first-order valence-corrected chi connectivity index (χ1v) is 25.0. The van der Waals surface area contributed by atoms with Crippen LogP contribution in [-0.2, 0) is 61.2 Å². The lowest BCUT2D eigenvalue weighted by Gasteiger charge is -2.18. The second-order valence-electron chi connectivity index (χ2n) is 19.3. The van der Waals surface area contributed by atoms with E-state index in [1.807, 2.05) is 130 Å². The molecule has 0 spiro atoms. The Morgan fingerprint density at radius 1 is 0.486 bits per heavy atom. The van der Waals surface area contributed by atoms with E-state index in [0.717, 1.165) is 94.2 Å². The van der Waals surface area contributed by atoms with E-state index in [1.54, 1.807) is 23.9 Å². The summed E-state index contributed by atoms with van der Waals surface area (Å²) >= 11 is 0. The van der Waals surface area contributed by atoms with E-state index in [9.17, 15) is 19.2 Å². The van der Waals surface area contributed by atoms with Crippen LogP contribution < -0.4 is 10.6 Å². The number of aryl methyl sites for hydroxylation is 4. The van der Waals surface area contributed by atoms with E-state index >= 15 is 0 Å². The first-order chi connectivity index (χ1) is 35.1. The quantitative estimate of drug-likeness (QED) is 0.105. The number of nitrogens with one attached hydrogen (secondary N) is 2. The summed E-state index contributed by atoms with van der Waals surface area (Å²) in [5.41, 5.74) is 12.9. The number of anilines is 2. The van der Waals surface area contributed by atoms with Crippen LogP contribution in [0.25, 0.3) is 44.0 Å². The van der Waals surface area contributed by atoms with Crippen molar-refractivity contribution in [1.29, 1.82) is 0 Å². The van der Waals surface area contributed by atoms with Gasteiger partial charge in [-0.05, 0) is 155 Å². The molecule has 0 bridgehead atoms. The Kier molecular flexibility index (Phi) is 12.6. The van der Waals surface area contributed by atoms with Gasteiger partial charge < -0.3 is 29.6 Å². The van der Waals surface area contributed by atoms with Gasteiger partial charge in [-0.1, -0.05) is 72.8 Å². The largest absolute Gasteiger partial charge is 0.341 e. The van der Waals surface area contributed by atoms with Gasteiger partial charge in [-0.15, -0.1) is 0 Å². The van der Waals surface area contributed by atoms with Gasteiger partial charge >= 0.3 is 0 Å². The van der Waals surface area contributed by atoms with Crippen molar-refractivity contribution in [1.82, 2.24) is 28.9 Å². The molecular formula is C60H56N8O4. The Bertz CT molecular complexity index is 3590. The van der Waals surface area contributed by atoms with Gasteiger partial charge in [0.05, 0.1) is 22.1 Å². The summed E-state index contributed by atoms with van der Waals surface area (Å²) < 4.78 is 3.89. The van der Waals surface area contributed by atoms with Crippen LogP contribution in [0.2, 0.25) is 0 Å². The zero-order valence-electron chi connectivity index (χ0n) is 40.7. The summed E-state index contributed by atoms with van der Waals surface area (Å²) in [6.45, 7) is 0.907. The molecule has 2 heterocycles. The van der Waals surface area contributed by atoms with Gasteiger partial charge in [0, 0.05) is 62.5 Å². The minimum atomic E-state index is -0.165. The molecule has 0 saturated heterocycles. The van der Waals surface area contributed by atoms with Crippen molar-refractivity contribution in [3.8, 4) is 11.1 Å². The van der Waals surface area contributed by atoms with Crippen LogP contribution in [0.1, 0.15) is 67.5 Å². The van der Waals surface area contributed by atoms with Crippen molar-refractivity contribution in [3.63, 3.8) is 0 Å². The molecule has 2 N–H and O–H groups in total. The maximum absolute atomic E-state index is 14.1. The lowest BCUT2D eigenvalue weighted by Crippen LogP contribution is -2.30. The number of aromatic nitrogens is 4. The van der Waals surface area contributed by atoms with Crippen LogP contribution in [0.4, 0.5) is 11.4 Å². The molecule has 12 nitrogen and oxygen atoms in total. The third-order valence-electron chi connectivity index (χ3n) is 14.4. The van der Waals surface area contributed by atoms with E-state index in [2.05, 4.69) is 34.9 Å². The molecule has 0 aliphatic heterocycles. The van der Waals surface area contributed by atoms with E-state index in [4.69, 9.17) is 9.97 Å². The van der Waals surface area contributed by atoms with Gasteiger partial charge in [-0.25, -0.2) is 9.97 Å². The lowest BCUT2D eigenvalue weighted by molar-refractivity contribution is -0.117. The second-order valence-corrected chi connectivity index (χ2v) is 19.3. The zero-order chi connectivity index (χ0) is 49.3. The minimum absolute atomic E-state index is 0.0412. The van der Waals surface area contributed by atoms with Crippen LogP contribution in [0.5, 0.6) is 0 Å². The summed E-state index contributed by atoms with van der Waals surface area (Å²) in [6, 6.07) is 47.4. The maximum Gasteiger partial charge on any atom is 0.253 e. The van der Waals surface area contributed by atoms with Gasteiger partial charge in [0.25, 0.3) is 11.8 Å². The van der Waals surface area contributed by atoms with Crippen LogP contribution in [0, 0.1) is 0 Å². The van der Waals surface area contributed by atoms with Crippen molar-refractivity contribution in [2.75, 3.05) is 37.8 Å². The molecule has 72 heavy (non-hydrogen) atoms. The molecule has 2 aromatic heterocycles. The molecule has 0 radical (unpaired) electrons. The number of benzene rings is 7. The second kappa shape index (κ2) is 19.8. The van der Waals surface area contributed by atoms with Gasteiger partial charge in [-0.2, -0.15) is 0 Å². The summed E-state index contributed by atoms with van der Waals surface area (Å²) in [7, 11) is 3.58. The van der Waals surface area contributed by atoms with E-state index in [1.165, 1.54) is 22.3 Å². The summed E-state index contributed by atoms with van der Waals surface area (Å²) in [5, 5.41) is 8.30. The Morgan fingerprint density at radius 2 is 1.03 bits per heavy atom. The molecular weight excluding hydrogens is 897 g/mol. The van der Waals surface area contributed by atoms with Crippen LogP contribution in [-0.4, -0.2) is 79.7 Å². The number of rotatable bonds is 15. The third-order valence-corrected chi connectivity index (χ3v) is 14.4. The topological polar surface area (TPSA) is 134 Å². The Labute approximate surface area is 418 Å². The molecule has 0 fully saturated rings. The first-order valence-electron chi connectivity index (χ1n) is 25.0. The average molecular weight is 953 g/mol. The highest BCUT2D eigenvalue weighted by atomic mass is 16.2. The van der Waals surface area contributed by atoms with Crippen molar-refractivity contribution in [2.24, 2.45) is 0 Å². The third kappa shape index (κ3) is 9.60. The minimum Gasteiger partial charge on any atom is -0.341 e. The highest BCUT2D eigenvalue weighted by molar-refractivity contribution is 5.99. The maximum atomic E-state index is 14.1. The first kappa shape index (κ1) is 46.0. The normalized spacial score (nSPS) is 12.8. The van der Waals surface area contributed by atoms with Crippen LogP contribution >= 0.6 is 0 Å². The molecule has 12 heteroatoms. The Balaban J connectivity index is 0.802. The number of carbonyl (C=O) groups excluding carboxylic acids is 4. The number of para-hydroxylation sites is 2. The van der Waals surface area contributed by atoms with Crippen LogP contribution in [0.15, 0.2) is 146 Å². The van der Waals surface area contributed by atoms with Crippen molar-refractivity contribution < 1.29 is 19.2 Å². The fraction of sp³-hybridized carbons (Fsp3) is 0.233. The zero-order valence-corrected chi connectivity index (χ0v) is 40.7. The molecule has 0 unspecified atom stereocenters. The number of nitrogens with zero attached hydrogens (tertiary/aromatic N) is 6. The summed E-state index contributed by atoms with van der Waals surface area (Å²) in [4.78, 5) is 68.5. The SMILES string of the molecule is CN(CCc1nc2ccccc2n1CC(=O)Nc1ccc2c(c1)CCC2)C(=O)c1cccc(-c2ccc3c(c2)nc(CCN(C)C(=O)c2ccc4ccccc4c2)n3CC(=O)Nc2ccc3c(c2)CCC3)c1. The molecule has 11 rings (SSSR count). The molecule has 4 amide bonds. The fourth-order valence-corrected chi connectivity index (χ4v) is 10.5. The lowest BCUT2D eigenvalue weighted by atomic mass is 10.0. The molecule has 9 aromatic rings. The number of likely N-dealkylation sites (N-methyl/N-ethyl adjacent to an activating group) is 2. The average Bonchev–Trinajstić information content (AvgIpc) is 4.22. The number of carbonyl (C=O) groups is 4. The van der Waals surface area contributed by atoms with Gasteiger partial charge in [-0.3, -0.25) is 19.2 Å². The van der Waals surface area contributed by atoms with Crippen LogP contribution in [0.3, 0.4) is 0 Å². The molecule has 7 aromatic carbocycles. The van der Waals surface area contributed by atoms with Gasteiger partial charge in [0.2, 0.25) is 11.8 Å².